The van der Waals surface area contributed by atoms with Crippen LogP contribution in [0, 0.1) is 27.7 Å². The molecule has 0 saturated carbocycles. The summed E-state index contributed by atoms with van der Waals surface area (Å²) < 4.78 is 0. The Hall–Kier alpha value is -7.16. The molecule has 2 nitrogen and oxygen atoms in total. The van der Waals surface area contributed by atoms with Crippen molar-refractivity contribution in [3.8, 4) is 0 Å². The van der Waals surface area contributed by atoms with Gasteiger partial charge in [0.25, 0.3) is 0 Å². The molecule has 8 aromatic rings. The third kappa shape index (κ3) is 9.89. The molecule has 0 saturated heterocycles. The van der Waals surface area contributed by atoms with E-state index >= 15 is 0 Å². The minimum Gasteiger partial charge on any atom is -0.310 e. The SMILES string of the molecule is C=Cc1ccc(Cc2ccc(N(c3ccc(CCc4ccc(N(c5ccc(Cc6ccc(C=C)cc6)cc5)c5ccc(C)c(C)c5)cc4)cc3)c3ccc(C)c(C)c3)cc2)cc1. The summed E-state index contributed by atoms with van der Waals surface area (Å²) in [5, 5.41) is 0. The highest BCUT2D eigenvalue weighted by Gasteiger charge is 2.16. The zero-order valence-corrected chi connectivity index (χ0v) is 36.6. The average Bonchev–Trinajstić information content (AvgIpc) is 3.30. The van der Waals surface area contributed by atoms with Gasteiger partial charge < -0.3 is 9.80 Å². The Labute approximate surface area is 369 Å². The van der Waals surface area contributed by atoms with Gasteiger partial charge >= 0.3 is 0 Å². The van der Waals surface area contributed by atoms with Gasteiger partial charge in [0.15, 0.2) is 0 Å². The van der Waals surface area contributed by atoms with Crippen LogP contribution in [0.1, 0.15) is 66.8 Å². The largest absolute Gasteiger partial charge is 0.310 e. The highest BCUT2D eigenvalue weighted by atomic mass is 15.1. The van der Waals surface area contributed by atoms with E-state index in [2.05, 4.69) is 233 Å². The van der Waals surface area contributed by atoms with E-state index in [1.165, 1.54) is 55.6 Å². The molecule has 0 aliphatic rings. The van der Waals surface area contributed by atoms with Crippen molar-refractivity contribution in [1.82, 2.24) is 0 Å². The van der Waals surface area contributed by atoms with E-state index < -0.39 is 0 Å². The van der Waals surface area contributed by atoms with Crippen LogP contribution < -0.4 is 9.80 Å². The smallest absolute Gasteiger partial charge is 0.0464 e. The third-order valence-electron chi connectivity index (χ3n) is 12.2. The van der Waals surface area contributed by atoms with Crippen molar-refractivity contribution in [1.29, 1.82) is 0 Å². The molecule has 62 heavy (non-hydrogen) atoms. The van der Waals surface area contributed by atoms with Crippen LogP contribution in [0.25, 0.3) is 12.2 Å². The molecule has 8 rings (SSSR count). The van der Waals surface area contributed by atoms with E-state index in [1.54, 1.807) is 0 Å². The second kappa shape index (κ2) is 19.0. The lowest BCUT2D eigenvalue weighted by Crippen LogP contribution is -2.11. The van der Waals surface area contributed by atoms with Crippen molar-refractivity contribution in [2.24, 2.45) is 0 Å². The molecular formula is C60H56N2. The molecular weight excluding hydrogens is 749 g/mol. The first-order chi connectivity index (χ1) is 30.2. The van der Waals surface area contributed by atoms with Crippen LogP contribution in [0.5, 0.6) is 0 Å². The van der Waals surface area contributed by atoms with Gasteiger partial charge in [-0.05, 0) is 193 Å². The number of hydrogen-bond acceptors (Lipinski definition) is 2. The maximum Gasteiger partial charge on any atom is 0.0464 e. The highest BCUT2D eigenvalue weighted by molar-refractivity contribution is 5.78. The normalized spacial score (nSPS) is 11.0. The molecule has 2 heteroatoms. The van der Waals surface area contributed by atoms with Crippen LogP contribution in [0.4, 0.5) is 34.1 Å². The van der Waals surface area contributed by atoms with Gasteiger partial charge in [-0.2, -0.15) is 0 Å². The van der Waals surface area contributed by atoms with Gasteiger partial charge in [0.1, 0.15) is 0 Å². The van der Waals surface area contributed by atoms with E-state index in [-0.39, 0.29) is 0 Å². The lowest BCUT2D eigenvalue weighted by atomic mass is 10.0. The van der Waals surface area contributed by atoms with Crippen LogP contribution in [0.3, 0.4) is 0 Å². The van der Waals surface area contributed by atoms with Crippen molar-refractivity contribution < 1.29 is 0 Å². The summed E-state index contributed by atoms with van der Waals surface area (Å²) in [7, 11) is 0. The molecule has 0 aliphatic carbocycles. The van der Waals surface area contributed by atoms with Gasteiger partial charge in [0.2, 0.25) is 0 Å². The summed E-state index contributed by atoms with van der Waals surface area (Å²) in [4.78, 5) is 4.74. The summed E-state index contributed by atoms with van der Waals surface area (Å²) >= 11 is 0. The van der Waals surface area contributed by atoms with Gasteiger partial charge in [0, 0.05) is 34.1 Å². The third-order valence-corrected chi connectivity index (χ3v) is 12.2. The molecule has 0 bridgehead atoms. The Balaban J connectivity index is 0.978. The van der Waals surface area contributed by atoms with Crippen molar-refractivity contribution >= 4 is 46.3 Å². The molecule has 0 heterocycles. The Morgan fingerprint density at radius 1 is 0.306 bits per heavy atom. The van der Waals surface area contributed by atoms with Crippen LogP contribution in [0.2, 0.25) is 0 Å². The zero-order valence-electron chi connectivity index (χ0n) is 36.6. The van der Waals surface area contributed by atoms with Gasteiger partial charge in [-0.15, -0.1) is 0 Å². The summed E-state index contributed by atoms with van der Waals surface area (Å²) in [5.74, 6) is 0. The average molecular weight is 805 g/mol. The van der Waals surface area contributed by atoms with E-state index in [9.17, 15) is 0 Å². The fourth-order valence-corrected chi connectivity index (χ4v) is 8.08. The maximum atomic E-state index is 3.89. The van der Waals surface area contributed by atoms with E-state index in [0.29, 0.717) is 0 Å². The topological polar surface area (TPSA) is 6.48 Å². The van der Waals surface area contributed by atoms with Crippen molar-refractivity contribution in [2.75, 3.05) is 9.80 Å². The standard InChI is InChI=1S/C60H56N2/c1-7-47-11-17-51(18-12-47)41-53-25-35-57(36-26-53)61(59-29-9-43(3)45(5)39-59)55-31-21-49(22-32-55)15-16-50-23-33-56(34-24-50)62(60-30-10-44(4)46(6)40-60)58-37-27-54(28-38-58)42-52-19-13-48(8-2)14-20-52/h7-14,17-40H,1-2,15-16,41-42H2,3-6H3. The Morgan fingerprint density at radius 3 is 0.839 bits per heavy atom. The number of nitrogens with zero attached hydrogens (tertiary/aromatic N) is 2. The van der Waals surface area contributed by atoms with Gasteiger partial charge in [-0.1, -0.05) is 135 Å². The first-order valence-electron chi connectivity index (χ1n) is 21.8. The molecule has 8 aromatic carbocycles. The van der Waals surface area contributed by atoms with Crippen LogP contribution in [0.15, 0.2) is 195 Å². The predicted molar refractivity (Wildman–Crippen MR) is 267 cm³/mol. The predicted octanol–water partition coefficient (Wildman–Crippen LogP) is 16.1. The number of anilines is 6. The van der Waals surface area contributed by atoms with Crippen LogP contribution in [-0.4, -0.2) is 0 Å². The molecule has 0 unspecified atom stereocenters. The second-order valence-corrected chi connectivity index (χ2v) is 16.6. The molecule has 0 atom stereocenters. The van der Waals surface area contributed by atoms with E-state index in [4.69, 9.17) is 0 Å². The highest BCUT2D eigenvalue weighted by Crippen LogP contribution is 2.38. The zero-order chi connectivity index (χ0) is 43.0. The summed E-state index contributed by atoms with van der Waals surface area (Å²) in [5.41, 5.74) is 22.2. The molecule has 0 spiro atoms. The molecule has 0 fully saturated rings. The number of hydrogen-bond donors (Lipinski definition) is 0. The van der Waals surface area contributed by atoms with Crippen LogP contribution >= 0.6 is 0 Å². The Bertz CT molecular complexity index is 2560. The molecule has 0 aliphatic heterocycles. The minimum atomic E-state index is 0.894. The van der Waals surface area contributed by atoms with E-state index in [0.717, 1.165) is 70.9 Å². The molecule has 0 aromatic heterocycles. The fourth-order valence-electron chi connectivity index (χ4n) is 8.08. The summed E-state index contributed by atoms with van der Waals surface area (Å²) in [6.45, 7) is 16.5. The lowest BCUT2D eigenvalue weighted by molar-refractivity contribution is 0.959. The molecule has 306 valence electrons. The first-order valence-corrected chi connectivity index (χ1v) is 21.8. The van der Waals surface area contributed by atoms with Crippen molar-refractivity contribution in [3.63, 3.8) is 0 Å². The van der Waals surface area contributed by atoms with Crippen molar-refractivity contribution in [2.45, 2.75) is 53.4 Å². The summed E-state index contributed by atoms with van der Waals surface area (Å²) in [6, 6.07) is 67.1. The fraction of sp³-hybridized carbons (Fsp3) is 0.133. The monoisotopic (exact) mass is 804 g/mol. The van der Waals surface area contributed by atoms with Gasteiger partial charge in [-0.3, -0.25) is 0 Å². The summed E-state index contributed by atoms with van der Waals surface area (Å²) in [6.07, 6.45) is 7.49. The van der Waals surface area contributed by atoms with Gasteiger partial charge in [-0.25, -0.2) is 0 Å². The molecule has 0 radical (unpaired) electrons. The number of rotatable bonds is 15. The minimum absolute atomic E-state index is 0.894. The lowest BCUT2D eigenvalue weighted by Gasteiger charge is -2.27. The molecule has 0 amide bonds. The van der Waals surface area contributed by atoms with Gasteiger partial charge in [0.05, 0.1) is 0 Å². The Morgan fingerprint density at radius 2 is 0.565 bits per heavy atom. The maximum absolute atomic E-state index is 3.89. The quantitative estimate of drug-likeness (QED) is 0.102. The second-order valence-electron chi connectivity index (χ2n) is 16.6. The van der Waals surface area contributed by atoms with E-state index in [1.807, 2.05) is 12.2 Å². The number of benzene rings is 8. The van der Waals surface area contributed by atoms with Crippen molar-refractivity contribution in [3.05, 3.63) is 262 Å². The number of aryl methyl sites for hydroxylation is 6. The van der Waals surface area contributed by atoms with Crippen LogP contribution in [-0.2, 0) is 25.7 Å². The molecule has 0 N–H and O–H groups in total. The Kier molecular flexibility index (Phi) is 12.8. The first kappa shape index (κ1) is 41.6.